The van der Waals surface area contributed by atoms with Gasteiger partial charge in [0.05, 0.1) is 11.5 Å². The maximum Gasteiger partial charge on any atom is 0.366 e. The van der Waals surface area contributed by atoms with Crippen LogP contribution in [0.5, 0.6) is 5.75 Å². The number of carbonyl (C=O) groups is 1. The first-order valence-corrected chi connectivity index (χ1v) is 7.77. The number of amides is 1. The van der Waals surface area contributed by atoms with Crippen molar-refractivity contribution in [1.29, 1.82) is 0 Å². The van der Waals surface area contributed by atoms with Crippen LogP contribution < -0.4 is 9.64 Å². The van der Waals surface area contributed by atoms with Gasteiger partial charge in [0, 0.05) is 18.2 Å². The van der Waals surface area contributed by atoms with Crippen molar-refractivity contribution in [2.75, 3.05) is 4.90 Å². The lowest BCUT2D eigenvalue weighted by atomic mass is 10.1. The molecule has 0 aliphatic carbocycles. The summed E-state index contributed by atoms with van der Waals surface area (Å²) in [5, 5.41) is 21.7. The number of hydrogen-bond acceptors (Lipinski definition) is 7. The minimum atomic E-state index is -0.719. The molecular weight excluding hydrogens is 344 g/mol. The Labute approximate surface area is 147 Å². The monoisotopic (exact) mass is 358 g/mol. The number of aromatic nitrogens is 1. The molecule has 1 atom stereocenters. The molecule has 0 saturated heterocycles. The van der Waals surface area contributed by atoms with Crippen molar-refractivity contribution in [1.82, 2.24) is 4.98 Å². The Hall–Kier alpha value is -3.56. The van der Waals surface area contributed by atoms with Gasteiger partial charge in [0.25, 0.3) is 17.4 Å². The molecule has 10 heteroatoms. The minimum Gasteiger partial charge on any atom is -0.474 e. The maximum atomic E-state index is 12.7. The van der Waals surface area contributed by atoms with E-state index < -0.39 is 21.8 Å². The highest BCUT2D eigenvalue weighted by atomic mass is 16.6. The quantitative estimate of drug-likeness (QED) is 0.593. The summed E-state index contributed by atoms with van der Waals surface area (Å²) in [6.07, 6.45) is -0.296. The van der Waals surface area contributed by atoms with Crippen LogP contribution in [0.15, 0.2) is 36.4 Å². The van der Waals surface area contributed by atoms with Crippen LogP contribution in [0.3, 0.4) is 0 Å². The normalized spacial score (nSPS) is 16.0. The van der Waals surface area contributed by atoms with Gasteiger partial charge < -0.3 is 14.9 Å². The van der Waals surface area contributed by atoms with Crippen LogP contribution in [0.4, 0.5) is 17.3 Å². The summed E-state index contributed by atoms with van der Waals surface area (Å²) in [6.45, 7) is 1.86. The molecule has 134 valence electrons. The number of fused-ring (bicyclic) bond motifs is 1. The van der Waals surface area contributed by atoms with Crippen molar-refractivity contribution in [3.63, 3.8) is 0 Å². The van der Waals surface area contributed by atoms with Gasteiger partial charge in [-0.3, -0.25) is 19.8 Å². The molecule has 1 unspecified atom stereocenters. The van der Waals surface area contributed by atoms with Crippen molar-refractivity contribution in [3.8, 4) is 5.75 Å². The number of ether oxygens (including phenoxy) is 1. The first kappa shape index (κ1) is 17.3. The van der Waals surface area contributed by atoms with Crippen molar-refractivity contribution in [2.45, 2.75) is 26.0 Å². The van der Waals surface area contributed by atoms with Gasteiger partial charge in [0.1, 0.15) is 0 Å². The molecule has 0 N–H and O–H groups in total. The summed E-state index contributed by atoms with van der Waals surface area (Å²) in [6, 6.07) is 8.35. The molecular formula is C16H14N4O6. The number of nitrogens with zero attached hydrogens (tertiary/aromatic N) is 4. The molecule has 0 saturated carbocycles. The molecule has 1 amide bonds. The smallest absolute Gasteiger partial charge is 0.366 e. The topological polar surface area (TPSA) is 129 Å². The molecule has 3 rings (SSSR count). The summed E-state index contributed by atoms with van der Waals surface area (Å²) in [5.74, 6) is -0.425. The standard InChI is InChI=1S/C16H14N4O6/c1-2-12-16(21)18(9-10-3-5-11(6-4-10)19(22)23)15-13(26-12)7-8-14(17-15)20(24)25/h3-8,12H,2,9H2,1H3. The number of carbonyl (C=O) groups excluding carboxylic acids is 1. The molecule has 0 radical (unpaired) electrons. The van der Waals surface area contributed by atoms with E-state index in [0.717, 1.165) is 0 Å². The fourth-order valence-electron chi connectivity index (χ4n) is 2.61. The maximum absolute atomic E-state index is 12.7. The van der Waals surface area contributed by atoms with Crippen LogP contribution in [-0.2, 0) is 11.3 Å². The molecule has 26 heavy (non-hydrogen) atoms. The summed E-state index contributed by atoms with van der Waals surface area (Å²) in [4.78, 5) is 38.5. The van der Waals surface area contributed by atoms with Gasteiger partial charge in [-0.25, -0.2) is 0 Å². The fraction of sp³-hybridized carbons (Fsp3) is 0.250. The summed E-state index contributed by atoms with van der Waals surface area (Å²) in [7, 11) is 0. The highest BCUT2D eigenvalue weighted by molar-refractivity contribution is 5.99. The van der Waals surface area contributed by atoms with Gasteiger partial charge >= 0.3 is 5.82 Å². The zero-order chi connectivity index (χ0) is 18.8. The van der Waals surface area contributed by atoms with E-state index in [4.69, 9.17) is 4.74 Å². The Balaban J connectivity index is 1.98. The lowest BCUT2D eigenvalue weighted by Crippen LogP contribution is -2.45. The van der Waals surface area contributed by atoms with Crippen molar-refractivity contribution >= 4 is 23.2 Å². The molecule has 0 spiro atoms. The van der Waals surface area contributed by atoms with E-state index in [1.54, 1.807) is 6.92 Å². The molecule has 1 aromatic carbocycles. The molecule has 1 aliphatic rings. The second-order valence-electron chi connectivity index (χ2n) is 5.61. The first-order valence-electron chi connectivity index (χ1n) is 7.77. The van der Waals surface area contributed by atoms with Gasteiger partial charge in [-0.2, -0.15) is 0 Å². The fourth-order valence-corrected chi connectivity index (χ4v) is 2.61. The molecule has 10 nitrogen and oxygen atoms in total. The van der Waals surface area contributed by atoms with Crippen LogP contribution in [0.1, 0.15) is 18.9 Å². The Morgan fingerprint density at radius 1 is 1.12 bits per heavy atom. The number of rotatable bonds is 5. The van der Waals surface area contributed by atoms with Crippen LogP contribution in [0.2, 0.25) is 0 Å². The Morgan fingerprint density at radius 3 is 2.38 bits per heavy atom. The minimum absolute atomic E-state index is 0.0623. The SMILES string of the molecule is CCC1Oc2ccc([N+](=O)[O-])nc2N(Cc2ccc([N+](=O)[O-])cc2)C1=O. The van der Waals surface area contributed by atoms with E-state index in [1.165, 1.54) is 41.3 Å². The lowest BCUT2D eigenvalue weighted by Gasteiger charge is -2.30. The third kappa shape index (κ3) is 3.16. The number of hydrogen-bond donors (Lipinski definition) is 0. The van der Waals surface area contributed by atoms with Crippen molar-refractivity contribution in [2.24, 2.45) is 0 Å². The lowest BCUT2D eigenvalue weighted by molar-refractivity contribution is -0.389. The zero-order valence-corrected chi connectivity index (χ0v) is 13.7. The van der Waals surface area contributed by atoms with Crippen LogP contribution >= 0.6 is 0 Å². The predicted octanol–water partition coefficient (Wildman–Crippen LogP) is 2.60. The number of anilines is 1. The number of benzene rings is 1. The Kier molecular flexibility index (Phi) is 4.48. The highest BCUT2D eigenvalue weighted by Gasteiger charge is 2.38. The van der Waals surface area contributed by atoms with E-state index in [9.17, 15) is 25.0 Å². The summed E-state index contributed by atoms with van der Waals surface area (Å²) < 4.78 is 5.58. The van der Waals surface area contributed by atoms with Crippen molar-refractivity contribution < 1.29 is 19.4 Å². The molecule has 2 heterocycles. The second-order valence-corrected chi connectivity index (χ2v) is 5.61. The largest absolute Gasteiger partial charge is 0.474 e. The zero-order valence-electron chi connectivity index (χ0n) is 13.7. The third-order valence-corrected chi connectivity index (χ3v) is 3.94. The summed E-state index contributed by atoms with van der Waals surface area (Å²) >= 11 is 0. The molecule has 0 fully saturated rings. The molecule has 1 aromatic heterocycles. The Morgan fingerprint density at radius 2 is 1.81 bits per heavy atom. The van der Waals surface area contributed by atoms with Crippen LogP contribution in [0, 0.1) is 20.2 Å². The third-order valence-electron chi connectivity index (χ3n) is 3.94. The number of nitro groups is 2. The predicted molar refractivity (Wildman–Crippen MR) is 89.9 cm³/mol. The average Bonchev–Trinajstić information content (AvgIpc) is 2.63. The molecule has 1 aliphatic heterocycles. The van der Waals surface area contributed by atoms with E-state index in [0.29, 0.717) is 12.0 Å². The molecule has 2 aromatic rings. The van der Waals surface area contributed by atoms with Gasteiger partial charge in [-0.1, -0.05) is 19.1 Å². The van der Waals surface area contributed by atoms with Crippen molar-refractivity contribution in [3.05, 3.63) is 62.2 Å². The van der Waals surface area contributed by atoms with Gasteiger partial charge in [-0.15, -0.1) is 0 Å². The summed E-state index contributed by atoms with van der Waals surface area (Å²) in [5.41, 5.74) is 0.558. The number of nitro benzene ring substituents is 1. The van der Waals surface area contributed by atoms with Crippen LogP contribution in [-0.4, -0.2) is 26.8 Å². The van der Waals surface area contributed by atoms with Gasteiger partial charge in [0.2, 0.25) is 0 Å². The highest BCUT2D eigenvalue weighted by Crippen LogP contribution is 2.35. The Bertz CT molecular complexity index is 883. The number of non-ortho nitro benzene ring substituents is 1. The van der Waals surface area contributed by atoms with E-state index in [-0.39, 0.29) is 29.7 Å². The van der Waals surface area contributed by atoms with E-state index >= 15 is 0 Å². The second kappa shape index (κ2) is 6.75. The van der Waals surface area contributed by atoms with E-state index in [1.807, 2.05) is 0 Å². The first-order chi connectivity index (χ1) is 12.4. The van der Waals surface area contributed by atoms with E-state index in [2.05, 4.69) is 4.98 Å². The molecule has 0 bridgehead atoms. The average molecular weight is 358 g/mol. The van der Waals surface area contributed by atoms with Gasteiger partial charge in [-0.05, 0) is 28.0 Å². The van der Waals surface area contributed by atoms with Crippen LogP contribution in [0.25, 0.3) is 0 Å². The number of pyridine rings is 1. The van der Waals surface area contributed by atoms with Gasteiger partial charge in [0.15, 0.2) is 11.9 Å².